The van der Waals surface area contributed by atoms with Crippen LogP contribution in [-0.4, -0.2) is 28.6 Å². The number of nitrogens with zero attached hydrogens (tertiary/aromatic N) is 1. The fraction of sp³-hybridized carbons (Fsp3) is 0.656. The van der Waals surface area contributed by atoms with Crippen LogP contribution in [0.15, 0.2) is 46.6 Å². The number of hydrogen-bond acceptors (Lipinski definition) is 4. The third kappa shape index (κ3) is 3.11. The lowest BCUT2D eigenvalue weighted by Crippen LogP contribution is -2.62. The van der Waals surface area contributed by atoms with Crippen molar-refractivity contribution in [1.82, 2.24) is 0 Å². The van der Waals surface area contributed by atoms with Gasteiger partial charge in [-0.25, -0.2) is 0 Å². The summed E-state index contributed by atoms with van der Waals surface area (Å²) >= 11 is 0. The third-order valence-electron chi connectivity index (χ3n) is 12.4. The van der Waals surface area contributed by atoms with Crippen molar-refractivity contribution in [2.45, 2.75) is 86.5 Å². The molecule has 0 aliphatic heterocycles. The van der Waals surface area contributed by atoms with Crippen molar-refractivity contribution in [3.05, 3.63) is 46.6 Å². The predicted molar refractivity (Wildman–Crippen MR) is 142 cm³/mol. The second-order valence-electron chi connectivity index (χ2n) is 14.1. The zero-order valence-corrected chi connectivity index (χ0v) is 23.2. The lowest BCUT2D eigenvalue weighted by molar-refractivity contribution is -0.178. The Bertz CT molecular complexity index is 1260. The highest BCUT2D eigenvalue weighted by Crippen LogP contribution is 2.75. The second-order valence-corrected chi connectivity index (χ2v) is 14.1. The van der Waals surface area contributed by atoms with E-state index in [0.717, 1.165) is 49.7 Å². The standard InChI is InChI=1S/C32H41NO4/c1-27-10-11-28(2,26(36)37)18-25(27)32(6)15-13-29(3)22-17-23(35)21(9-16-33)30(4,19-34)20(22)7-8-24(29)31(32,5)14-12-27/h7-9,17,25,34H,10-15,18-19H2,1-6H3,(H,36,37)/b21-9+/t25-,27-,28-,29+,30+,31-,32+/m1/s1. The van der Waals surface area contributed by atoms with Crippen LogP contribution < -0.4 is 0 Å². The fourth-order valence-electron chi connectivity index (χ4n) is 9.38. The van der Waals surface area contributed by atoms with Crippen LogP contribution in [0.1, 0.15) is 86.5 Å². The third-order valence-corrected chi connectivity index (χ3v) is 12.4. The molecule has 3 fully saturated rings. The van der Waals surface area contributed by atoms with Crippen molar-refractivity contribution in [1.29, 1.82) is 5.26 Å². The number of carbonyl (C=O) groups excluding carboxylic acids is 1. The molecule has 0 aromatic rings. The first kappa shape index (κ1) is 26.2. The summed E-state index contributed by atoms with van der Waals surface area (Å²) in [6.45, 7) is 13.0. The van der Waals surface area contributed by atoms with Gasteiger partial charge in [-0.2, -0.15) is 5.26 Å². The van der Waals surface area contributed by atoms with Crippen molar-refractivity contribution in [3.63, 3.8) is 0 Å². The topological polar surface area (TPSA) is 98.4 Å². The van der Waals surface area contributed by atoms with Crippen molar-refractivity contribution in [2.24, 2.45) is 38.4 Å². The van der Waals surface area contributed by atoms with Crippen molar-refractivity contribution in [3.8, 4) is 6.07 Å². The SMILES string of the molecule is C[C@@]1(C(=O)O)CC[C@]2(C)CC[C@]3(C)C4=CC=C5C(=CC(=O)/C(=C\C#N)[C@@]5(C)CO)[C@]4(C)CC[C@@]3(C)[C@@H]2C1. The summed E-state index contributed by atoms with van der Waals surface area (Å²) in [5.74, 6) is -0.558. The summed E-state index contributed by atoms with van der Waals surface area (Å²) in [4.78, 5) is 25.6. The average molecular weight is 504 g/mol. The summed E-state index contributed by atoms with van der Waals surface area (Å²) < 4.78 is 0. The maximum atomic E-state index is 13.3. The Morgan fingerprint density at radius 2 is 1.70 bits per heavy atom. The summed E-state index contributed by atoms with van der Waals surface area (Å²) in [6, 6.07) is 2.00. The number of nitriles is 1. The zero-order chi connectivity index (χ0) is 27.2. The molecule has 0 aromatic heterocycles. The van der Waals surface area contributed by atoms with Gasteiger partial charge < -0.3 is 10.2 Å². The minimum Gasteiger partial charge on any atom is -0.481 e. The van der Waals surface area contributed by atoms with Crippen LogP contribution in [0.25, 0.3) is 0 Å². The van der Waals surface area contributed by atoms with E-state index in [4.69, 9.17) is 0 Å². The number of carbonyl (C=O) groups is 2. The minimum atomic E-state index is -0.915. The molecule has 37 heavy (non-hydrogen) atoms. The van der Waals surface area contributed by atoms with E-state index in [2.05, 4.69) is 39.8 Å². The maximum Gasteiger partial charge on any atom is 0.309 e. The molecule has 0 aromatic carbocycles. The summed E-state index contributed by atoms with van der Waals surface area (Å²) in [6.07, 6.45) is 13.7. The van der Waals surface area contributed by atoms with E-state index in [1.54, 1.807) is 6.08 Å². The molecule has 3 saturated carbocycles. The van der Waals surface area contributed by atoms with Crippen LogP contribution in [0.5, 0.6) is 0 Å². The quantitative estimate of drug-likeness (QED) is 0.340. The molecule has 7 atom stereocenters. The van der Waals surface area contributed by atoms with Gasteiger partial charge in [0.05, 0.1) is 18.1 Å². The van der Waals surface area contributed by atoms with Gasteiger partial charge in [-0.05, 0) is 98.2 Å². The van der Waals surface area contributed by atoms with Crippen LogP contribution in [-0.2, 0) is 9.59 Å². The minimum absolute atomic E-state index is 0.0563. The number of fused-ring (bicyclic) bond motifs is 7. The molecule has 0 saturated heterocycles. The van der Waals surface area contributed by atoms with Crippen LogP contribution in [0.2, 0.25) is 0 Å². The second kappa shape index (κ2) is 7.79. The number of carboxylic acid groups (broad SMARTS) is 1. The first-order valence-electron chi connectivity index (χ1n) is 13.8. The van der Waals surface area contributed by atoms with Gasteiger partial charge in [-0.3, -0.25) is 9.59 Å². The van der Waals surface area contributed by atoms with Gasteiger partial charge in [-0.1, -0.05) is 45.4 Å². The van der Waals surface area contributed by atoms with E-state index >= 15 is 0 Å². The van der Waals surface area contributed by atoms with E-state index in [0.29, 0.717) is 17.9 Å². The molecule has 5 heteroatoms. The molecular formula is C32H41NO4. The van der Waals surface area contributed by atoms with Gasteiger partial charge in [0, 0.05) is 22.5 Å². The Balaban J connectivity index is 1.66. The van der Waals surface area contributed by atoms with E-state index in [9.17, 15) is 25.1 Å². The summed E-state index contributed by atoms with van der Waals surface area (Å²) in [5.41, 5.74) is 1.61. The monoisotopic (exact) mass is 503 g/mol. The highest BCUT2D eigenvalue weighted by Gasteiger charge is 2.67. The Kier molecular flexibility index (Phi) is 5.51. The number of allylic oxidation sites excluding steroid dienone is 6. The molecule has 5 nitrogen and oxygen atoms in total. The summed E-state index contributed by atoms with van der Waals surface area (Å²) in [5, 5.41) is 29.9. The molecule has 2 N–H and O–H groups in total. The molecule has 0 heterocycles. The fourth-order valence-corrected chi connectivity index (χ4v) is 9.38. The van der Waals surface area contributed by atoms with Gasteiger partial charge in [-0.15, -0.1) is 0 Å². The largest absolute Gasteiger partial charge is 0.481 e. The first-order valence-corrected chi connectivity index (χ1v) is 13.8. The lowest BCUT2D eigenvalue weighted by Gasteiger charge is -2.70. The van der Waals surface area contributed by atoms with Crippen LogP contribution in [0.4, 0.5) is 0 Å². The zero-order valence-electron chi connectivity index (χ0n) is 23.2. The molecular weight excluding hydrogens is 462 g/mol. The Labute approximate surface area is 221 Å². The average Bonchev–Trinajstić information content (AvgIpc) is 2.85. The summed E-state index contributed by atoms with van der Waals surface area (Å²) in [7, 11) is 0. The number of rotatable bonds is 2. The van der Waals surface area contributed by atoms with Crippen molar-refractivity contribution in [2.75, 3.05) is 6.61 Å². The number of aliphatic carboxylic acids is 1. The molecule has 0 spiro atoms. The van der Waals surface area contributed by atoms with Crippen LogP contribution >= 0.6 is 0 Å². The number of ketones is 1. The Morgan fingerprint density at radius 1 is 1.03 bits per heavy atom. The Morgan fingerprint density at radius 3 is 2.32 bits per heavy atom. The predicted octanol–water partition coefficient (Wildman–Crippen LogP) is 6.31. The molecule has 0 bridgehead atoms. The van der Waals surface area contributed by atoms with Gasteiger partial charge >= 0.3 is 5.97 Å². The van der Waals surface area contributed by atoms with E-state index in [-0.39, 0.29) is 34.1 Å². The maximum absolute atomic E-state index is 13.3. The molecule has 0 unspecified atom stereocenters. The van der Waals surface area contributed by atoms with Gasteiger partial charge in [0.2, 0.25) is 0 Å². The van der Waals surface area contributed by atoms with E-state index in [1.807, 2.05) is 19.9 Å². The van der Waals surface area contributed by atoms with E-state index in [1.165, 1.54) is 11.6 Å². The molecule has 5 rings (SSSR count). The van der Waals surface area contributed by atoms with Crippen LogP contribution in [0.3, 0.4) is 0 Å². The lowest BCUT2D eigenvalue weighted by atomic mass is 9.34. The van der Waals surface area contributed by atoms with Crippen molar-refractivity contribution >= 4 is 11.8 Å². The van der Waals surface area contributed by atoms with Gasteiger partial charge in [0.25, 0.3) is 0 Å². The molecule has 0 radical (unpaired) electrons. The van der Waals surface area contributed by atoms with Crippen molar-refractivity contribution < 1.29 is 19.8 Å². The smallest absolute Gasteiger partial charge is 0.309 e. The number of aliphatic hydroxyl groups is 1. The number of hydrogen-bond donors (Lipinski definition) is 2. The van der Waals surface area contributed by atoms with E-state index < -0.39 is 16.8 Å². The first-order chi connectivity index (χ1) is 17.2. The molecule has 0 amide bonds. The molecule has 198 valence electrons. The molecule has 5 aliphatic carbocycles. The highest BCUT2D eigenvalue weighted by molar-refractivity contribution is 6.09. The van der Waals surface area contributed by atoms with Gasteiger partial charge in [0.15, 0.2) is 5.78 Å². The normalized spacial score (nSPS) is 47.8. The molecule has 5 aliphatic rings. The number of carboxylic acids is 1. The highest BCUT2D eigenvalue weighted by atomic mass is 16.4. The van der Waals surface area contributed by atoms with Gasteiger partial charge in [0.1, 0.15) is 0 Å². The number of aliphatic hydroxyl groups excluding tert-OH is 1. The van der Waals surface area contributed by atoms with Crippen LogP contribution in [0, 0.1) is 49.7 Å². The Hall–Kier alpha value is -2.45.